The molecule has 0 aliphatic heterocycles. The van der Waals surface area contributed by atoms with E-state index in [4.69, 9.17) is 9.47 Å². The van der Waals surface area contributed by atoms with Gasteiger partial charge in [-0.05, 0) is 47.4 Å². The fourth-order valence-corrected chi connectivity index (χ4v) is 2.65. The molecular formula is C22H20O3. The van der Waals surface area contributed by atoms with Gasteiger partial charge >= 0.3 is 5.97 Å². The molecule has 3 rings (SSSR count). The summed E-state index contributed by atoms with van der Waals surface area (Å²) in [7, 11) is 0. The summed E-state index contributed by atoms with van der Waals surface area (Å²) in [5, 5.41) is 2.43. The molecule has 3 aromatic rings. The van der Waals surface area contributed by atoms with Gasteiger partial charge in [-0.2, -0.15) is 0 Å². The molecule has 0 spiro atoms. The van der Waals surface area contributed by atoms with Gasteiger partial charge in [0.2, 0.25) is 0 Å². The Morgan fingerprint density at radius 2 is 1.64 bits per heavy atom. The van der Waals surface area contributed by atoms with Crippen LogP contribution in [0, 0.1) is 0 Å². The minimum atomic E-state index is -0.416. The van der Waals surface area contributed by atoms with Crippen LogP contribution < -0.4 is 4.74 Å². The smallest absolute Gasteiger partial charge is 0.348 e. The Labute approximate surface area is 147 Å². The van der Waals surface area contributed by atoms with Gasteiger partial charge in [0.05, 0.1) is 6.26 Å². The summed E-state index contributed by atoms with van der Waals surface area (Å²) >= 11 is 0. The lowest BCUT2D eigenvalue weighted by atomic mass is 10.00. The quantitative estimate of drug-likeness (QED) is 0.475. The van der Waals surface area contributed by atoms with Crippen molar-refractivity contribution in [3.05, 3.63) is 90.2 Å². The highest BCUT2D eigenvalue weighted by Gasteiger charge is 2.05. The van der Waals surface area contributed by atoms with Crippen molar-refractivity contribution >= 4 is 16.7 Å². The van der Waals surface area contributed by atoms with Gasteiger partial charge < -0.3 is 9.47 Å². The normalized spacial score (nSPS) is 11.3. The van der Waals surface area contributed by atoms with E-state index in [0.29, 0.717) is 5.75 Å². The number of benzene rings is 3. The first kappa shape index (κ1) is 16.8. The second-order valence-corrected chi connectivity index (χ2v) is 5.87. The third-order valence-corrected chi connectivity index (χ3v) is 3.84. The first-order chi connectivity index (χ1) is 12.2. The van der Waals surface area contributed by atoms with E-state index in [9.17, 15) is 4.79 Å². The molecule has 0 aromatic heterocycles. The van der Waals surface area contributed by atoms with Crippen molar-refractivity contribution in [2.24, 2.45) is 0 Å². The largest absolute Gasteiger partial charge is 0.482 e. The molecule has 3 aromatic carbocycles. The summed E-state index contributed by atoms with van der Waals surface area (Å²) in [4.78, 5) is 11.8. The molecule has 0 unspecified atom stereocenters. The van der Waals surface area contributed by atoms with Gasteiger partial charge in [-0.3, -0.25) is 0 Å². The zero-order valence-electron chi connectivity index (χ0n) is 14.1. The van der Waals surface area contributed by atoms with Crippen LogP contribution in [0.3, 0.4) is 0 Å². The molecule has 0 radical (unpaired) electrons. The topological polar surface area (TPSA) is 35.5 Å². The molecule has 0 heterocycles. The number of fused-ring (bicyclic) bond motifs is 1. The van der Waals surface area contributed by atoms with Crippen molar-refractivity contribution in [2.75, 3.05) is 6.61 Å². The average molecular weight is 332 g/mol. The lowest BCUT2D eigenvalue weighted by molar-refractivity contribution is -0.140. The third kappa shape index (κ3) is 4.70. The Bertz CT molecular complexity index is 877. The van der Waals surface area contributed by atoms with E-state index < -0.39 is 5.97 Å². The number of esters is 1. The molecular weight excluding hydrogens is 312 g/mol. The monoisotopic (exact) mass is 332 g/mol. The minimum absolute atomic E-state index is 0.109. The Hall–Kier alpha value is -3.07. The molecule has 126 valence electrons. The van der Waals surface area contributed by atoms with E-state index in [1.165, 1.54) is 22.6 Å². The van der Waals surface area contributed by atoms with E-state index in [1.54, 1.807) is 12.1 Å². The molecule has 0 saturated carbocycles. The summed E-state index contributed by atoms with van der Waals surface area (Å²) in [5.41, 5.74) is 2.19. The van der Waals surface area contributed by atoms with Crippen LogP contribution in [0.1, 0.15) is 12.5 Å². The summed E-state index contributed by atoms with van der Waals surface area (Å²) in [5.74, 6) is 0.233. The summed E-state index contributed by atoms with van der Waals surface area (Å²) < 4.78 is 10.6. The van der Waals surface area contributed by atoms with Gasteiger partial charge in [0.1, 0.15) is 5.75 Å². The number of carbonyl (C=O) groups is 1. The van der Waals surface area contributed by atoms with E-state index in [1.807, 2.05) is 43.3 Å². The highest BCUT2D eigenvalue weighted by Crippen LogP contribution is 2.21. The lowest BCUT2D eigenvalue weighted by Crippen LogP contribution is -2.12. The first-order valence-electron chi connectivity index (χ1n) is 8.22. The van der Waals surface area contributed by atoms with E-state index >= 15 is 0 Å². The fourth-order valence-electron chi connectivity index (χ4n) is 2.65. The molecule has 3 heteroatoms. The second-order valence-electron chi connectivity index (χ2n) is 5.87. The van der Waals surface area contributed by atoms with Gasteiger partial charge in [-0.15, -0.1) is 0 Å². The molecule has 0 aliphatic rings. The molecule has 0 fully saturated rings. The standard InChI is InChI=1S/C22H20O3/c1-17(14-19-10-7-9-18-8-5-6-13-21(18)19)15-25-22(23)16-24-20-11-3-2-4-12-20/h2-13,15H,14,16H2,1H3/b17-15+. The zero-order valence-corrected chi connectivity index (χ0v) is 14.1. The first-order valence-corrected chi connectivity index (χ1v) is 8.22. The summed E-state index contributed by atoms with van der Waals surface area (Å²) in [6.45, 7) is 1.84. The summed E-state index contributed by atoms with van der Waals surface area (Å²) in [6, 6.07) is 23.7. The molecule has 0 bridgehead atoms. The molecule has 0 atom stereocenters. The maximum atomic E-state index is 11.8. The Morgan fingerprint density at radius 3 is 2.48 bits per heavy atom. The second kappa shape index (κ2) is 8.15. The van der Waals surface area contributed by atoms with Crippen molar-refractivity contribution in [2.45, 2.75) is 13.3 Å². The van der Waals surface area contributed by atoms with E-state index in [2.05, 4.69) is 24.3 Å². The minimum Gasteiger partial charge on any atom is -0.482 e. The predicted molar refractivity (Wildman–Crippen MR) is 99.4 cm³/mol. The third-order valence-electron chi connectivity index (χ3n) is 3.84. The zero-order chi connectivity index (χ0) is 17.5. The predicted octanol–water partition coefficient (Wildman–Crippen LogP) is 4.91. The molecule has 3 nitrogen and oxygen atoms in total. The van der Waals surface area contributed by atoms with Crippen LogP contribution in [0.15, 0.2) is 84.6 Å². The molecule has 0 N–H and O–H groups in total. The van der Waals surface area contributed by atoms with Gasteiger partial charge in [-0.1, -0.05) is 60.7 Å². The summed E-state index contributed by atoms with van der Waals surface area (Å²) in [6.07, 6.45) is 2.24. The van der Waals surface area contributed by atoms with Crippen LogP contribution in [-0.4, -0.2) is 12.6 Å². The van der Waals surface area contributed by atoms with Crippen LogP contribution in [-0.2, 0) is 16.0 Å². The highest BCUT2D eigenvalue weighted by atomic mass is 16.6. The van der Waals surface area contributed by atoms with Gasteiger partial charge in [0.15, 0.2) is 6.61 Å². The number of hydrogen-bond acceptors (Lipinski definition) is 3. The van der Waals surface area contributed by atoms with Crippen LogP contribution in [0.5, 0.6) is 5.75 Å². The number of ether oxygens (including phenoxy) is 2. The number of hydrogen-bond donors (Lipinski definition) is 0. The van der Waals surface area contributed by atoms with Crippen LogP contribution in [0.2, 0.25) is 0 Å². The number of allylic oxidation sites excluding steroid dienone is 1. The molecule has 0 aliphatic carbocycles. The van der Waals surface area contributed by atoms with Crippen LogP contribution in [0.4, 0.5) is 0 Å². The molecule has 25 heavy (non-hydrogen) atoms. The number of rotatable bonds is 6. The van der Waals surface area contributed by atoms with Gasteiger partial charge in [0.25, 0.3) is 0 Å². The Morgan fingerprint density at radius 1 is 0.920 bits per heavy atom. The van der Waals surface area contributed by atoms with Gasteiger partial charge in [-0.25, -0.2) is 4.79 Å². The maximum absolute atomic E-state index is 11.8. The highest BCUT2D eigenvalue weighted by molar-refractivity contribution is 5.85. The number of carbonyl (C=O) groups excluding carboxylic acids is 1. The van der Waals surface area contributed by atoms with Crippen molar-refractivity contribution in [3.63, 3.8) is 0 Å². The fraction of sp³-hybridized carbons (Fsp3) is 0.136. The van der Waals surface area contributed by atoms with Crippen LogP contribution >= 0.6 is 0 Å². The van der Waals surface area contributed by atoms with E-state index in [0.717, 1.165) is 12.0 Å². The van der Waals surface area contributed by atoms with Gasteiger partial charge in [0, 0.05) is 0 Å². The lowest BCUT2D eigenvalue weighted by Gasteiger charge is -2.08. The van der Waals surface area contributed by atoms with Crippen LogP contribution in [0.25, 0.3) is 10.8 Å². The molecule has 0 saturated heterocycles. The van der Waals surface area contributed by atoms with Crippen molar-refractivity contribution < 1.29 is 14.3 Å². The number of para-hydroxylation sites is 1. The Balaban J connectivity index is 1.57. The maximum Gasteiger partial charge on any atom is 0.348 e. The van der Waals surface area contributed by atoms with Crippen molar-refractivity contribution in [1.29, 1.82) is 0 Å². The Kier molecular flexibility index (Phi) is 5.47. The SMILES string of the molecule is C/C(=C\OC(=O)COc1ccccc1)Cc1cccc2ccccc12. The average Bonchev–Trinajstić information content (AvgIpc) is 2.66. The van der Waals surface area contributed by atoms with E-state index in [-0.39, 0.29) is 6.61 Å². The molecule has 0 amide bonds. The van der Waals surface area contributed by atoms with Crippen molar-refractivity contribution in [3.8, 4) is 5.75 Å². The van der Waals surface area contributed by atoms with Crippen molar-refractivity contribution in [1.82, 2.24) is 0 Å².